The summed E-state index contributed by atoms with van der Waals surface area (Å²) < 4.78 is 12.2. The van der Waals surface area contributed by atoms with Gasteiger partial charge in [0, 0.05) is 24.6 Å². The van der Waals surface area contributed by atoms with Crippen LogP contribution in [0.3, 0.4) is 0 Å². The van der Waals surface area contributed by atoms with Gasteiger partial charge in [0.05, 0.1) is 16.6 Å². The predicted octanol–water partition coefficient (Wildman–Crippen LogP) is 3.18. The van der Waals surface area contributed by atoms with Crippen molar-refractivity contribution in [3.05, 3.63) is 42.2 Å². The van der Waals surface area contributed by atoms with E-state index < -0.39 is 10.8 Å². The third-order valence-corrected chi connectivity index (χ3v) is 4.03. The Kier molecular flexibility index (Phi) is 4.60. The maximum atomic E-state index is 12.2. The van der Waals surface area contributed by atoms with Crippen LogP contribution in [-0.2, 0) is 16.6 Å². The minimum Gasteiger partial charge on any atom is -0.384 e. The maximum absolute atomic E-state index is 12.2. The van der Waals surface area contributed by atoms with Crippen molar-refractivity contribution in [2.45, 2.75) is 31.7 Å². The zero-order chi connectivity index (χ0) is 14.6. The van der Waals surface area contributed by atoms with Crippen molar-refractivity contribution in [1.29, 1.82) is 0 Å². The molecular formula is C15H21N3OS. The Balaban J connectivity index is 2.10. The fourth-order valence-electron chi connectivity index (χ4n) is 1.76. The number of H-pyrrole nitrogens is 1. The van der Waals surface area contributed by atoms with E-state index in [4.69, 9.17) is 0 Å². The molecular weight excluding hydrogens is 270 g/mol. The average molecular weight is 291 g/mol. The van der Waals surface area contributed by atoms with E-state index in [0.29, 0.717) is 10.9 Å². The van der Waals surface area contributed by atoms with Gasteiger partial charge >= 0.3 is 0 Å². The number of para-hydroxylation sites is 1. The number of rotatable bonds is 5. The Morgan fingerprint density at radius 3 is 2.70 bits per heavy atom. The molecule has 1 unspecified atom stereocenters. The quantitative estimate of drug-likeness (QED) is 0.889. The van der Waals surface area contributed by atoms with Gasteiger partial charge in [-0.1, -0.05) is 39.0 Å². The van der Waals surface area contributed by atoms with Crippen LogP contribution >= 0.6 is 0 Å². The monoisotopic (exact) mass is 291 g/mol. The molecule has 1 aromatic carbocycles. The molecule has 0 saturated carbocycles. The van der Waals surface area contributed by atoms with Crippen LogP contribution in [0.2, 0.25) is 0 Å². The lowest BCUT2D eigenvalue weighted by molar-refractivity contribution is 0.443. The second-order valence-electron chi connectivity index (χ2n) is 5.96. The first kappa shape index (κ1) is 14.8. The predicted molar refractivity (Wildman–Crippen MR) is 83.1 cm³/mol. The lowest BCUT2D eigenvalue weighted by Gasteiger charge is -2.21. The molecule has 0 saturated heterocycles. The zero-order valence-corrected chi connectivity index (χ0v) is 13.0. The van der Waals surface area contributed by atoms with Crippen molar-refractivity contribution in [2.24, 2.45) is 5.41 Å². The fourth-order valence-corrected chi connectivity index (χ4v) is 2.81. The average Bonchev–Trinajstić information content (AvgIpc) is 2.90. The minimum absolute atomic E-state index is 0.202. The van der Waals surface area contributed by atoms with Crippen molar-refractivity contribution >= 4 is 16.5 Å². The molecule has 2 N–H and O–H groups in total. The van der Waals surface area contributed by atoms with Crippen LogP contribution < -0.4 is 5.32 Å². The number of anilines is 1. The number of aromatic nitrogens is 2. The molecule has 0 bridgehead atoms. The normalized spacial score (nSPS) is 13.2. The Morgan fingerprint density at radius 1 is 1.30 bits per heavy atom. The van der Waals surface area contributed by atoms with Crippen LogP contribution in [0.15, 0.2) is 41.8 Å². The highest BCUT2D eigenvalue weighted by Gasteiger charge is 2.13. The molecule has 4 nitrogen and oxygen atoms in total. The highest BCUT2D eigenvalue weighted by atomic mass is 32.2. The number of aromatic amines is 1. The number of hydrogen-bond donors (Lipinski definition) is 2. The molecule has 0 aliphatic carbocycles. The first-order valence-electron chi connectivity index (χ1n) is 6.65. The molecule has 108 valence electrons. The number of imidazole rings is 1. The molecule has 0 aliphatic heterocycles. The van der Waals surface area contributed by atoms with E-state index >= 15 is 0 Å². The van der Waals surface area contributed by atoms with Crippen LogP contribution in [0.1, 0.15) is 26.3 Å². The van der Waals surface area contributed by atoms with Gasteiger partial charge in [-0.25, -0.2) is 4.98 Å². The molecule has 2 rings (SSSR count). The minimum atomic E-state index is -1.14. The topological polar surface area (TPSA) is 57.8 Å². The Bertz CT molecular complexity index is 573. The van der Waals surface area contributed by atoms with E-state index in [1.54, 1.807) is 12.4 Å². The molecule has 0 aliphatic rings. The van der Waals surface area contributed by atoms with Gasteiger partial charge in [0.1, 0.15) is 0 Å². The third kappa shape index (κ3) is 4.20. The van der Waals surface area contributed by atoms with Crippen molar-refractivity contribution < 1.29 is 4.21 Å². The van der Waals surface area contributed by atoms with Gasteiger partial charge in [0.25, 0.3) is 0 Å². The summed E-state index contributed by atoms with van der Waals surface area (Å²) in [6, 6.07) is 7.99. The first-order chi connectivity index (χ1) is 9.46. The third-order valence-electron chi connectivity index (χ3n) is 2.80. The molecule has 0 spiro atoms. The van der Waals surface area contributed by atoms with Crippen molar-refractivity contribution in [3.63, 3.8) is 0 Å². The molecule has 5 heteroatoms. The summed E-state index contributed by atoms with van der Waals surface area (Å²) in [5.74, 6) is 0.459. The Hall–Kier alpha value is -1.62. The van der Waals surface area contributed by atoms with Gasteiger partial charge < -0.3 is 10.3 Å². The summed E-state index contributed by atoms with van der Waals surface area (Å²) >= 11 is 0. The van der Waals surface area contributed by atoms with Gasteiger partial charge in [0.2, 0.25) is 0 Å². The highest BCUT2D eigenvalue weighted by Crippen LogP contribution is 2.21. The van der Waals surface area contributed by atoms with Crippen LogP contribution in [0.5, 0.6) is 0 Å². The van der Waals surface area contributed by atoms with E-state index in [9.17, 15) is 4.21 Å². The SMILES string of the molecule is CC(C)(C)CNc1ccccc1CS(=O)c1ncc[nH]1. The summed E-state index contributed by atoms with van der Waals surface area (Å²) in [4.78, 5) is 6.95. The molecule has 1 aromatic heterocycles. The van der Waals surface area contributed by atoms with Crippen LogP contribution in [0.4, 0.5) is 5.69 Å². The van der Waals surface area contributed by atoms with Gasteiger partial charge in [-0.05, 0) is 17.0 Å². The van der Waals surface area contributed by atoms with Gasteiger partial charge in [0.15, 0.2) is 5.16 Å². The van der Waals surface area contributed by atoms with Crippen LogP contribution in [-0.4, -0.2) is 20.7 Å². The highest BCUT2D eigenvalue weighted by molar-refractivity contribution is 7.84. The maximum Gasteiger partial charge on any atom is 0.196 e. The van der Waals surface area contributed by atoms with Crippen molar-refractivity contribution in [2.75, 3.05) is 11.9 Å². The Morgan fingerprint density at radius 2 is 2.05 bits per heavy atom. The molecule has 0 radical (unpaired) electrons. The van der Waals surface area contributed by atoms with Crippen molar-refractivity contribution in [1.82, 2.24) is 9.97 Å². The largest absolute Gasteiger partial charge is 0.384 e. The second-order valence-corrected chi connectivity index (χ2v) is 7.32. The van der Waals surface area contributed by atoms with Crippen LogP contribution in [0, 0.1) is 5.41 Å². The van der Waals surface area contributed by atoms with Gasteiger partial charge in [-0.15, -0.1) is 0 Å². The van der Waals surface area contributed by atoms with E-state index in [0.717, 1.165) is 17.8 Å². The standard InChI is InChI=1S/C15H21N3OS/c1-15(2,3)11-18-13-7-5-4-6-12(13)10-20(19)14-16-8-9-17-14/h4-9,18H,10-11H2,1-3H3,(H,16,17). The molecule has 1 heterocycles. The van der Waals surface area contributed by atoms with Gasteiger partial charge in [-0.3, -0.25) is 4.21 Å². The molecule has 1 atom stereocenters. The second kappa shape index (κ2) is 6.22. The van der Waals surface area contributed by atoms with E-state index in [1.807, 2.05) is 24.3 Å². The first-order valence-corrected chi connectivity index (χ1v) is 7.97. The summed E-state index contributed by atoms with van der Waals surface area (Å²) in [5.41, 5.74) is 2.29. The Labute approximate surface area is 122 Å². The van der Waals surface area contributed by atoms with Crippen LogP contribution in [0.25, 0.3) is 0 Å². The number of benzene rings is 1. The molecule has 0 amide bonds. The lowest BCUT2D eigenvalue weighted by Crippen LogP contribution is -2.19. The van der Waals surface area contributed by atoms with E-state index in [1.165, 1.54) is 0 Å². The molecule has 0 fully saturated rings. The lowest BCUT2D eigenvalue weighted by atomic mass is 9.97. The zero-order valence-electron chi connectivity index (χ0n) is 12.1. The smallest absolute Gasteiger partial charge is 0.196 e. The number of nitrogens with zero attached hydrogens (tertiary/aromatic N) is 1. The van der Waals surface area contributed by atoms with Gasteiger partial charge in [-0.2, -0.15) is 0 Å². The molecule has 2 aromatic rings. The summed E-state index contributed by atoms with van der Waals surface area (Å²) in [7, 11) is -1.14. The van der Waals surface area contributed by atoms with E-state index in [-0.39, 0.29) is 5.41 Å². The van der Waals surface area contributed by atoms with Crippen molar-refractivity contribution in [3.8, 4) is 0 Å². The summed E-state index contributed by atoms with van der Waals surface area (Å²) in [6.45, 7) is 7.42. The summed E-state index contributed by atoms with van der Waals surface area (Å²) in [6.07, 6.45) is 3.31. The number of hydrogen-bond acceptors (Lipinski definition) is 3. The number of nitrogens with one attached hydrogen (secondary N) is 2. The molecule has 20 heavy (non-hydrogen) atoms. The fraction of sp³-hybridized carbons (Fsp3) is 0.400. The summed E-state index contributed by atoms with van der Waals surface area (Å²) in [5, 5.41) is 3.96. The van der Waals surface area contributed by atoms with E-state index in [2.05, 4.69) is 36.1 Å².